The molecule has 0 heterocycles. The van der Waals surface area contributed by atoms with Crippen molar-refractivity contribution < 1.29 is 38.4 Å². The quantitative estimate of drug-likeness (QED) is 0.0988. The van der Waals surface area contributed by atoms with Crippen LogP contribution in [0.5, 0.6) is 23.0 Å². The summed E-state index contributed by atoms with van der Waals surface area (Å²) >= 11 is 0. The molecule has 2 atom stereocenters. The number of carbonyl (C=O) groups excluding carboxylic acids is 3. The number of carbonyl (C=O) groups is 3. The number of esters is 3. The van der Waals surface area contributed by atoms with Crippen LogP contribution in [0.4, 0.5) is 0 Å². The van der Waals surface area contributed by atoms with Crippen molar-refractivity contribution in [2.45, 2.75) is 167 Å². The van der Waals surface area contributed by atoms with Crippen LogP contribution >= 0.6 is 0 Å². The largest absolute Gasteiger partial charge is 0.508 e. The van der Waals surface area contributed by atoms with Gasteiger partial charge in [-0.15, -0.1) is 0 Å². The van der Waals surface area contributed by atoms with Gasteiger partial charge in [0.15, 0.2) is 6.61 Å². The van der Waals surface area contributed by atoms with E-state index in [9.17, 15) is 9.90 Å². The van der Waals surface area contributed by atoms with E-state index in [0.717, 1.165) is 12.8 Å². The first-order valence-electron chi connectivity index (χ1n) is 20.7. The molecule has 0 aliphatic rings. The summed E-state index contributed by atoms with van der Waals surface area (Å²) in [6, 6.07) is 13.1. The maximum atomic E-state index is 15.4. The molecule has 0 amide bonds. The lowest BCUT2D eigenvalue weighted by molar-refractivity contribution is -0.226. The molecular weight excluding hydrogens is 693 g/mol. The smallest absolute Gasteiger partial charge is 0.344 e. The lowest BCUT2D eigenvalue weighted by Crippen LogP contribution is -2.68. The van der Waals surface area contributed by atoms with Crippen molar-refractivity contribution in [3.05, 3.63) is 48.5 Å². The first-order chi connectivity index (χ1) is 25.6. The molecule has 0 aliphatic heterocycles. The Morgan fingerprint density at radius 1 is 0.545 bits per heavy atom. The number of hydrogen-bond acceptors (Lipinski definition) is 8. The van der Waals surface area contributed by atoms with E-state index in [1.54, 1.807) is 57.2 Å². The Labute approximate surface area is 333 Å². The van der Waals surface area contributed by atoms with Gasteiger partial charge in [-0.25, -0.2) is 4.79 Å². The molecule has 8 nitrogen and oxygen atoms in total. The predicted molar refractivity (Wildman–Crippen MR) is 221 cm³/mol. The summed E-state index contributed by atoms with van der Waals surface area (Å²) in [5.74, 6) is 0.152. The number of hydrogen-bond donors (Lipinski definition) is 1. The fourth-order valence-corrected chi connectivity index (χ4v) is 10.2. The Balaban J connectivity index is 2.88. The van der Waals surface area contributed by atoms with Gasteiger partial charge in [0.2, 0.25) is 0 Å². The number of rotatable bonds is 21. The van der Waals surface area contributed by atoms with E-state index >= 15 is 9.59 Å². The molecule has 0 radical (unpaired) electrons. The summed E-state index contributed by atoms with van der Waals surface area (Å²) in [7, 11) is 0. The molecule has 0 spiro atoms. The van der Waals surface area contributed by atoms with Crippen molar-refractivity contribution in [1.29, 1.82) is 0 Å². The molecule has 2 rings (SSSR count). The summed E-state index contributed by atoms with van der Waals surface area (Å²) in [6.45, 7) is 31.1. The first kappa shape index (κ1) is 47.6. The van der Waals surface area contributed by atoms with Gasteiger partial charge >= 0.3 is 17.9 Å². The van der Waals surface area contributed by atoms with Crippen LogP contribution in [0.25, 0.3) is 0 Å². The first-order valence-corrected chi connectivity index (χ1v) is 20.7. The highest BCUT2D eigenvalue weighted by Crippen LogP contribution is 2.73. The van der Waals surface area contributed by atoms with Crippen LogP contribution in [0.15, 0.2) is 48.5 Å². The Kier molecular flexibility index (Phi) is 16.1. The molecule has 0 saturated heterocycles. The normalized spacial score (nSPS) is 15.0. The maximum absolute atomic E-state index is 15.4. The second-order valence-corrected chi connectivity index (χ2v) is 17.6. The fraction of sp³-hybridized carbons (Fsp3) is 0.681. The van der Waals surface area contributed by atoms with Crippen LogP contribution in [0, 0.1) is 32.5 Å². The highest BCUT2D eigenvalue weighted by atomic mass is 16.6. The molecule has 0 saturated carbocycles. The second kappa shape index (κ2) is 18.6. The van der Waals surface area contributed by atoms with Crippen molar-refractivity contribution in [3.63, 3.8) is 0 Å². The zero-order chi connectivity index (χ0) is 42.1. The third kappa shape index (κ3) is 9.37. The number of phenols is 1. The summed E-state index contributed by atoms with van der Waals surface area (Å²) in [4.78, 5) is 42.9. The third-order valence-electron chi connectivity index (χ3n) is 14.3. The van der Waals surface area contributed by atoms with Crippen LogP contribution < -0.4 is 14.2 Å². The zero-order valence-electron chi connectivity index (χ0n) is 37.0. The molecule has 0 fully saturated rings. The average Bonchev–Trinajstić information content (AvgIpc) is 3.16. The van der Waals surface area contributed by atoms with Crippen molar-refractivity contribution in [2.75, 3.05) is 6.61 Å². The number of ether oxygens (including phenoxy) is 4. The Morgan fingerprint density at radius 3 is 1.36 bits per heavy atom. The van der Waals surface area contributed by atoms with Gasteiger partial charge in [0.1, 0.15) is 28.6 Å². The molecule has 2 unspecified atom stereocenters. The van der Waals surface area contributed by atoms with Gasteiger partial charge < -0.3 is 24.1 Å². The predicted octanol–water partition coefficient (Wildman–Crippen LogP) is 12.3. The van der Waals surface area contributed by atoms with E-state index in [4.69, 9.17) is 18.9 Å². The van der Waals surface area contributed by atoms with Crippen LogP contribution in [-0.2, 0) is 19.1 Å². The van der Waals surface area contributed by atoms with Gasteiger partial charge in [0, 0.05) is 0 Å². The van der Waals surface area contributed by atoms with E-state index in [2.05, 4.69) is 83.1 Å². The molecule has 8 heteroatoms. The lowest BCUT2D eigenvalue weighted by atomic mass is 9.35. The van der Waals surface area contributed by atoms with E-state index in [1.165, 1.54) is 12.1 Å². The molecule has 1 N–H and O–H groups in total. The molecule has 0 aliphatic carbocycles. The van der Waals surface area contributed by atoms with Crippen molar-refractivity contribution in [2.24, 2.45) is 32.5 Å². The Bertz CT molecular complexity index is 1540. The molecule has 55 heavy (non-hydrogen) atoms. The topological polar surface area (TPSA) is 108 Å². The van der Waals surface area contributed by atoms with Crippen LogP contribution in [-0.4, -0.2) is 35.2 Å². The fourth-order valence-electron chi connectivity index (χ4n) is 10.2. The van der Waals surface area contributed by atoms with Crippen LogP contribution in [0.2, 0.25) is 0 Å². The van der Waals surface area contributed by atoms with Gasteiger partial charge in [-0.05, 0) is 150 Å². The molecule has 0 aromatic heterocycles. The SMILES string of the molecule is CCC(C)(CC)CC(C)(C(=O)Oc1ccc(O)cc1)C(CC)(CC)C(CC)(CC)C(C)(C(=O)Oc1ccc(OCC(=O)OC(C)(C)C)cc1)C(C)(CC)CC. The number of aromatic hydroxyl groups is 1. The molecular formula is C47H74O8. The van der Waals surface area contributed by atoms with E-state index < -0.39 is 38.6 Å². The summed E-state index contributed by atoms with van der Waals surface area (Å²) < 4.78 is 23.9. The zero-order valence-corrected chi connectivity index (χ0v) is 37.0. The van der Waals surface area contributed by atoms with E-state index in [0.29, 0.717) is 62.2 Å². The van der Waals surface area contributed by atoms with E-state index in [-0.39, 0.29) is 29.7 Å². The average molecular weight is 767 g/mol. The van der Waals surface area contributed by atoms with E-state index in [1.807, 2.05) is 0 Å². The minimum absolute atomic E-state index is 0.0928. The molecule has 2 aromatic rings. The van der Waals surface area contributed by atoms with Crippen molar-refractivity contribution in [1.82, 2.24) is 0 Å². The Morgan fingerprint density at radius 2 is 0.964 bits per heavy atom. The van der Waals surface area contributed by atoms with Crippen LogP contribution in [0.1, 0.15) is 162 Å². The maximum Gasteiger partial charge on any atom is 0.344 e. The summed E-state index contributed by atoms with van der Waals surface area (Å²) in [6.07, 6.45) is 6.26. The highest BCUT2D eigenvalue weighted by molar-refractivity contribution is 5.83. The van der Waals surface area contributed by atoms with Gasteiger partial charge in [0.25, 0.3) is 0 Å². The third-order valence-corrected chi connectivity index (χ3v) is 14.3. The Hall–Kier alpha value is -3.55. The summed E-state index contributed by atoms with van der Waals surface area (Å²) in [5.41, 5.74) is -4.94. The highest BCUT2D eigenvalue weighted by Gasteiger charge is 2.72. The lowest BCUT2D eigenvalue weighted by Gasteiger charge is -2.67. The van der Waals surface area contributed by atoms with Crippen molar-refractivity contribution >= 4 is 17.9 Å². The van der Waals surface area contributed by atoms with Crippen molar-refractivity contribution in [3.8, 4) is 23.0 Å². The molecule has 310 valence electrons. The van der Waals surface area contributed by atoms with Gasteiger partial charge in [-0.3, -0.25) is 9.59 Å². The summed E-state index contributed by atoms with van der Waals surface area (Å²) in [5, 5.41) is 10.00. The molecule has 0 bridgehead atoms. The van der Waals surface area contributed by atoms with Gasteiger partial charge in [-0.1, -0.05) is 82.1 Å². The minimum atomic E-state index is -1.08. The number of benzene rings is 2. The van der Waals surface area contributed by atoms with Crippen LogP contribution in [0.3, 0.4) is 0 Å². The van der Waals surface area contributed by atoms with Gasteiger partial charge in [-0.2, -0.15) is 0 Å². The standard InChI is InChI=1S/C47H74O8/c1-16-42(12,17-2)33-44(14,39(50)53-36-26-24-34(48)25-27-36)46(20-5,21-6)47(22-7,23-8)45(15,43(13,18-3)19-4)40(51)54-37-30-28-35(29-31-37)52-32-38(49)55-41(9,10)11/h24-31,48H,16-23,32-33H2,1-15H3. The number of phenolic OH excluding ortho intramolecular Hbond substituents is 1. The minimum Gasteiger partial charge on any atom is -0.508 e. The monoisotopic (exact) mass is 767 g/mol. The second-order valence-electron chi connectivity index (χ2n) is 17.6. The van der Waals surface area contributed by atoms with Gasteiger partial charge in [0.05, 0.1) is 10.8 Å². The molecule has 2 aromatic carbocycles.